The van der Waals surface area contributed by atoms with E-state index >= 15 is 0 Å². The van der Waals surface area contributed by atoms with Crippen molar-refractivity contribution in [3.8, 4) is 0 Å². The van der Waals surface area contributed by atoms with Gasteiger partial charge in [-0.1, -0.05) is 35.6 Å². The van der Waals surface area contributed by atoms with Crippen molar-refractivity contribution >= 4 is 46.5 Å². The average molecular weight is 405 g/mol. The number of anilines is 2. The summed E-state index contributed by atoms with van der Waals surface area (Å²) in [6.45, 7) is 1.99. The highest BCUT2D eigenvalue weighted by Gasteiger charge is 2.18. The summed E-state index contributed by atoms with van der Waals surface area (Å²) in [6.07, 6.45) is 3.35. The molecule has 1 aliphatic heterocycles. The Kier molecular flexibility index (Phi) is 4.88. The number of benzene rings is 2. The molecule has 144 valence electrons. The Morgan fingerprint density at radius 1 is 1.21 bits per heavy atom. The molecule has 0 fully saturated rings. The highest BCUT2D eigenvalue weighted by atomic mass is 32.1. The first-order chi connectivity index (χ1) is 14.0. The maximum Gasteiger partial charge on any atom is 0.306 e. The van der Waals surface area contributed by atoms with Crippen LogP contribution in [0.25, 0.3) is 6.08 Å². The molecule has 0 bridgehead atoms. The summed E-state index contributed by atoms with van der Waals surface area (Å²) in [5.74, 6) is 0.566. The number of hydrogen-bond donors (Lipinski definition) is 2. The van der Waals surface area contributed by atoms with Gasteiger partial charge in [-0.2, -0.15) is 5.10 Å². The van der Waals surface area contributed by atoms with Crippen LogP contribution in [-0.2, 0) is 0 Å². The van der Waals surface area contributed by atoms with Gasteiger partial charge >= 0.3 is 4.87 Å². The number of hydrogen-bond acceptors (Lipinski definition) is 7. The van der Waals surface area contributed by atoms with Crippen molar-refractivity contribution in [2.24, 2.45) is 10.2 Å². The van der Waals surface area contributed by atoms with Gasteiger partial charge in [0.1, 0.15) is 11.5 Å². The van der Waals surface area contributed by atoms with Crippen LogP contribution < -0.4 is 10.2 Å². The van der Waals surface area contributed by atoms with E-state index in [1.54, 1.807) is 24.4 Å². The first kappa shape index (κ1) is 18.5. The molecule has 2 heterocycles. The van der Waals surface area contributed by atoms with Crippen LogP contribution in [-0.4, -0.2) is 21.8 Å². The first-order valence-electron chi connectivity index (χ1n) is 8.64. The van der Waals surface area contributed by atoms with Gasteiger partial charge in [-0.25, -0.2) is 0 Å². The minimum Gasteiger partial charge on any atom is -0.341 e. The maximum absolute atomic E-state index is 12.0. The lowest BCUT2D eigenvalue weighted by atomic mass is 10.0. The molecule has 0 spiro atoms. The van der Waals surface area contributed by atoms with Crippen molar-refractivity contribution in [2.45, 2.75) is 6.92 Å². The number of H-pyrrole nitrogens is 1. The summed E-state index contributed by atoms with van der Waals surface area (Å²) >= 11 is 1.06. The number of rotatable bonds is 5. The fraction of sp³-hybridized carbons (Fsp3) is 0.0500. The van der Waals surface area contributed by atoms with E-state index < -0.39 is 4.92 Å². The molecule has 2 aromatic carbocycles. The van der Waals surface area contributed by atoms with Crippen molar-refractivity contribution in [1.29, 1.82) is 0 Å². The first-order valence-corrected chi connectivity index (χ1v) is 9.46. The number of thiazole rings is 1. The van der Waals surface area contributed by atoms with E-state index in [1.807, 2.05) is 31.2 Å². The summed E-state index contributed by atoms with van der Waals surface area (Å²) in [6, 6.07) is 14.0. The largest absolute Gasteiger partial charge is 0.341 e. The zero-order chi connectivity index (χ0) is 20.4. The molecule has 1 aromatic heterocycles. The van der Waals surface area contributed by atoms with E-state index in [0.29, 0.717) is 27.5 Å². The zero-order valence-electron chi connectivity index (χ0n) is 15.2. The molecule has 0 saturated carbocycles. The van der Waals surface area contributed by atoms with E-state index in [1.165, 1.54) is 12.1 Å². The van der Waals surface area contributed by atoms with Gasteiger partial charge in [0.25, 0.3) is 5.69 Å². The van der Waals surface area contributed by atoms with Crippen LogP contribution in [0.4, 0.5) is 17.2 Å². The summed E-state index contributed by atoms with van der Waals surface area (Å²) in [4.78, 5) is 25.9. The number of nitro benzene ring substituents is 1. The van der Waals surface area contributed by atoms with Gasteiger partial charge in [0.05, 0.1) is 16.0 Å². The number of non-ortho nitro benzene ring substituents is 1. The van der Waals surface area contributed by atoms with Crippen LogP contribution in [0, 0.1) is 17.0 Å². The minimum absolute atomic E-state index is 0.0236. The molecule has 2 N–H and O–H groups in total. The Balaban J connectivity index is 1.68. The normalized spacial score (nSPS) is 14.2. The van der Waals surface area contributed by atoms with Gasteiger partial charge in [0.2, 0.25) is 0 Å². The smallest absolute Gasteiger partial charge is 0.306 e. The van der Waals surface area contributed by atoms with Crippen LogP contribution >= 0.6 is 11.3 Å². The van der Waals surface area contributed by atoms with Crippen LogP contribution in [0.5, 0.6) is 0 Å². The minimum atomic E-state index is -0.453. The third kappa shape index (κ3) is 4.04. The fourth-order valence-electron chi connectivity index (χ4n) is 2.91. The molecule has 3 aromatic rings. The maximum atomic E-state index is 12.0. The van der Waals surface area contributed by atoms with Gasteiger partial charge in [-0.3, -0.25) is 19.9 Å². The summed E-state index contributed by atoms with van der Waals surface area (Å²) in [7, 11) is 0. The van der Waals surface area contributed by atoms with E-state index in [-0.39, 0.29) is 10.6 Å². The Labute approximate surface area is 169 Å². The van der Waals surface area contributed by atoms with E-state index in [4.69, 9.17) is 0 Å². The lowest BCUT2D eigenvalue weighted by Gasteiger charge is -2.07. The molecule has 4 rings (SSSR count). The van der Waals surface area contributed by atoms with Crippen molar-refractivity contribution in [3.05, 3.63) is 89.9 Å². The van der Waals surface area contributed by atoms with Crippen LogP contribution in [0.15, 0.2) is 69.1 Å². The van der Waals surface area contributed by atoms with Crippen LogP contribution in [0.2, 0.25) is 0 Å². The van der Waals surface area contributed by atoms with Crippen molar-refractivity contribution in [2.75, 3.05) is 5.32 Å². The number of nitrogens with zero attached hydrogens (tertiary/aromatic N) is 3. The van der Waals surface area contributed by atoms with Crippen LogP contribution in [0.1, 0.15) is 16.0 Å². The number of aromatic nitrogens is 1. The Morgan fingerprint density at radius 2 is 2.03 bits per heavy atom. The van der Waals surface area contributed by atoms with Gasteiger partial charge in [0, 0.05) is 29.0 Å². The Hall–Kier alpha value is -3.85. The molecule has 29 heavy (non-hydrogen) atoms. The topological polar surface area (TPSA) is 113 Å². The molecule has 8 nitrogen and oxygen atoms in total. The lowest BCUT2D eigenvalue weighted by Crippen LogP contribution is -2.03. The SMILES string of the molecule is Cc1cccc(Nc2[nH]c(=O)sc2C=C2C=NN=C2c2cccc([N+](=O)[O-])c2)c1. The van der Waals surface area contributed by atoms with Crippen molar-refractivity contribution < 1.29 is 4.92 Å². The standard InChI is InChI=1S/C20H15N5O3S/c1-12-4-2-6-15(8-12)22-19-17(29-20(26)23-19)10-14-11-21-24-18(14)13-5-3-7-16(9-13)25(27)28/h2-11,22H,1H3,(H,23,26). The molecule has 0 radical (unpaired) electrons. The Morgan fingerprint density at radius 3 is 2.83 bits per heavy atom. The van der Waals surface area contributed by atoms with Gasteiger partial charge in [-0.05, 0) is 30.7 Å². The summed E-state index contributed by atoms with van der Waals surface area (Å²) < 4.78 is 0. The van der Waals surface area contributed by atoms with Gasteiger partial charge < -0.3 is 5.32 Å². The molecule has 9 heteroatoms. The second-order valence-electron chi connectivity index (χ2n) is 6.35. The number of aryl methyl sites for hydroxylation is 1. The molecule has 0 amide bonds. The predicted molar refractivity (Wildman–Crippen MR) is 116 cm³/mol. The quantitative estimate of drug-likeness (QED) is 0.487. The Bertz CT molecular complexity index is 1250. The van der Waals surface area contributed by atoms with Crippen molar-refractivity contribution in [1.82, 2.24) is 4.98 Å². The monoisotopic (exact) mass is 405 g/mol. The van der Waals surface area contributed by atoms with E-state index in [9.17, 15) is 14.9 Å². The molecule has 0 aliphatic carbocycles. The number of allylic oxidation sites excluding steroid dienone is 1. The highest BCUT2D eigenvalue weighted by Crippen LogP contribution is 2.26. The van der Waals surface area contributed by atoms with Gasteiger partial charge in [0.15, 0.2) is 0 Å². The number of nitrogens with one attached hydrogen (secondary N) is 2. The summed E-state index contributed by atoms with van der Waals surface area (Å²) in [5, 5.41) is 22.3. The summed E-state index contributed by atoms with van der Waals surface area (Å²) in [5.41, 5.74) is 3.68. The molecule has 0 saturated heterocycles. The third-order valence-electron chi connectivity index (χ3n) is 4.21. The fourth-order valence-corrected chi connectivity index (χ4v) is 3.65. The molecule has 0 unspecified atom stereocenters. The lowest BCUT2D eigenvalue weighted by molar-refractivity contribution is -0.384. The van der Waals surface area contributed by atoms with E-state index in [2.05, 4.69) is 20.5 Å². The van der Waals surface area contributed by atoms with Crippen molar-refractivity contribution in [3.63, 3.8) is 0 Å². The van der Waals surface area contributed by atoms with Crippen LogP contribution in [0.3, 0.4) is 0 Å². The predicted octanol–water partition coefficient (Wildman–Crippen LogP) is 4.27. The zero-order valence-corrected chi connectivity index (χ0v) is 16.1. The number of aromatic amines is 1. The third-order valence-corrected chi connectivity index (χ3v) is 5.04. The van der Waals surface area contributed by atoms with Gasteiger partial charge in [-0.15, -0.1) is 5.10 Å². The second kappa shape index (κ2) is 7.64. The highest BCUT2D eigenvalue weighted by molar-refractivity contribution is 7.10. The molecule has 1 aliphatic rings. The molecular formula is C20H15N5O3S. The second-order valence-corrected chi connectivity index (χ2v) is 7.36. The average Bonchev–Trinajstić information content (AvgIpc) is 3.28. The number of nitro groups is 1. The van der Waals surface area contributed by atoms with E-state index in [0.717, 1.165) is 22.6 Å². The molecular weight excluding hydrogens is 390 g/mol. The molecule has 0 atom stereocenters.